The van der Waals surface area contributed by atoms with Gasteiger partial charge >= 0.3 is 0 Å². The van der Waals surface area contributed by atoms with Crippen molar-refractivity contribution in [1.29, 1.82) is 5.26 Å². The molecular formula is C23H16BrClN2O4. The van der Waals surface area contributed by atoms with E-state index in [1.54, 1.807) is 36.4 Å². The Morgan fingerprint density at radius 1 is 1.19 bits per heavy atom. The average molecular weight is 500 g/mol. The van der Waals surface area contributed by atoms with Gasteiger partial charge < -0.3 is 9.47 Å². The minimum absolute atomic E-state index is 0.0346. The fourth-order valence-electron chi connectivity index (χ4n) is 2.81. The molecule has 0 aromatic heterocycles. The summed E-state index contributed by atoms with van der Waals surface area (Å²) in [5, 5.41) is 21.1. The highest BCUT2D eigenvalue weighted by atomic mass is 79.9. The molecule has 6 nitrogen and oxygen atoms in total. The van der Waals surface area contributed by atoms with E-state index in [4.69, 9.17) is 21.1 Å². The first kappa shape index (κ1) is 22.3. The van der Waals surface area contributed by atoms with E-state index in [1.165, 1.54) is 19.2 Å². The number of nitro benzene ring substituents is 1. The minimum Gasteiger partial charge on any atom is -0.493 e. The molecule has 0 aliphatic carbocycles. The molecule has 0 amide bonds. The number of rotatable bonds is 7. The number of halogens is 2. The highest BCUT2D eigenvalue weighted by molar-refractivity contribution is 9.10. The molecule has 3 aromatic rings. The van der Waals surface area contributed by atoms with Crippen LogP contribution in [0.2, 0.25) is 5.02 Å². The zero-order chi connectivity index (χ0) is 22.4. The molecular weight excluding hydrogens is 484 g/mol. The molecule has 0 spiro atoms. The zero-order valence-electron chi connectivity index (χ0n) is 16.3. The van der Waals surface area contributed by atoms with Gasteiger partial charge in [0.05, 0.1) is 28.1 Å². The molecule has 0 N–H and O–H groups in total. The summed E-state index contributed by atoms with van der Waals surface area (Å²) < 4.78 is 12.1. The second-order valence-corrected chi connectivity index (χ2v) is 7.71. The Balaban J connectivity index is 1.87. The third-order valence-electron chi connectivity index (χ3n) is 4.37. The Kier molecular flexibility index (Phi) is 7.29. The predicted molar refractivity (Wildman–Crippen MR) is 123 cm³/mol. The van der Waals surface area contributed by atoms with Gasteiger partial charge in [0.2, 0.25) is 0 Å². The normalized spacial score (nSPS) is 11.0. The van der Waals surface area contributed by atoms with E-state index in [0.29, 0.717) is 44.3 Å². The number of methoxy groups -OCH3 is 1. The number of allylic oxidation sites excluding steroid dienone is 1. The van der Waals surface area contributed by atoms with Gasteiger partial charge in [-0.1, -0.05) is 23.7 Å². The Morgan fingerprint density at radius 2 is 1.87 bits per heavy atom. The standard InChI is InChI=1S/C23H16BrClN2O4/c1-30-22-12-16(10-18(13-26)17-4-8-20(9-5-17)27(28)29)11-21(24)23(22)31-14-15-2-6-19(25)7-3-15/h2-12H,14H2,1H3. The van der Waals surface area contributed by atoms with Gasteiger partial charge in [-0.15, -0.1) is 0 Å². The first-order valence-corrected chi connectivity index (χ1v) is 10.2. The highest BCUT2D eigenvalue weighted by Crippen LogP contribution is 2.38. The van der Waals surface area contributed by atoms with Gasteiger partial charge in [0.25, 0.3) is 5.69 Å². The smallest absolute Gasteiger partial charge is 0.269 e. The Labute approximate surface area is 192 Å². The maximum absolute atomic E-state index is 10.8. The number of ether oxygens (including phenoxy) is 2. The summed E-state index contributed by atoms with van der Waals surface area (Å²) in [5.41, 5.74) is 2.56. The second kappa shape index (κ2) is 10.1. The van der Waals surface area contributed by atoms with Crippen molar-refractivity contribution in [2.24, 2.45) is 0 Å². The van der Waals surface area contributed by atoms with E-state index in [0.717, 1.165) is 5.56 Å². The SMILES string of the molecule is COc1cc(C=C(C#N)c2ccc([N+](=O)[O-])cc2)cc(Br)c1OCc1ccc(Cl)cc1. The number of hydrogen-bond acceptors (Lipinski definition) is 5. The molecule has 0 aliphatic rings. The molecule has 0 radical (unpaired) electrons. The quantitative estimate of drug-likeness (QED) is 0.157. The number of nitro groups is 1. The van der Waals surface area contributed by atoms with Crippen molar-refractivity contribution in [3.63, 3.8) is 0 Å². The van der Waals surface area contributed by atoms with E-state index in [9.17, 15) is 15.4 Å². The summed E-state index contributed by atoms with van der Waals surface area (Å²) in [4.78, 5) is 10.3. The van der Waals surface area contributed by atoms with E-state index in [2.05, 4.69) is 22.0 Å². The number of nitrogens with zero attached hydrogens (tertiary/aromatic N) is 2. The third-order valence-corrected chi connectivity index (χ3v) is 5.21. The molecule has 0 heterocycles. The molecule has 0 aliphatic heterocycles. The van der Waals surface area contributed by atoms with Crippen LogP contribution in [0.1, 0.15) is 16.7 Å². The van der Waals surface area contributed by atoms with Crippen LogP contribution >= 0.6 is 27.5 Å². The van der Waals surface area contributed by atoms with Gasteiger partial charge in [-0.2, -0.15) is 5.26 Å². The number of non-ortho nitro benzene ring substituents is 1. The van der Waals surface area contributed by atoms with E-state index < -0.39 is 4.92 Å². The zero-order valence-corrected chi connectivity index (χ0v) is 18.7. The Hall–Kier alpha value is -3.34. The van der Waals surface area contributed by atoms with Gasteiger partial charge in [0, 0.05) is 17.2 Å². The van der Waals surface area contributed by atoms with Gasteiger partial charge in [-0.05, 0) is 75.1 Å². The minimum atomic E-state index is -0.482. The van der Waals surface area contributed by atoms with Gasteiger partial charge in [-0.25, -0.2) is 0 Å². The van der Waals surface area contributed by atoms with Gasteiger partial charge in [0.15, 0.2) is 11.5 Å². The molecule has 156 valence electrons. The number of hydrogen-bond donors (Lipinski definition) is 0. The molecule has 0 saturated heterocycles. The average Bonchev–Trinajstić information content (AvgIpc) is 2.77. The molecule has 0 unspecified atom stereocenters. The van der Waals surface area contributed by atoms with Crippen molar-refractivity contribution in [2.75, 3.05) is 7.11 Å². The van der Waals surface area contributed by atoms with Crippen LogP contribution in [-0.2, 0) is 6.61 Å². The third kappa shape index (κ3) is 5.63. The second-order valence-electron chi connectivity index (χ2n) is 6.42. The topological polar surface area (TPSA) is 85.4 Å². The van der Waals surface area contributed by atoms with Crippen LogP contribution < -0.4 is 9.47 Å². The molecule has 31 heavy (non-hydrogen) atoms. The summed E-state index contributed by atoms with van der Waals surface area (Å²) in [6.45, 7) is 0.327. The monoisotopic (exact) mass is 498 g/mol. The summed E-state index contributed by atoms with van der Waals surface area (Å²) in [7, 11) is 1.53. The summed E-state index contributed by atoms with van der Waals surface area (Å²) in [6, 6.07) is 18.9. The van der Waals surface area contributed by atoms with Crippen LogP contribution in [0.4, 0.5) is 5.69 Å². The molecule has 0 atom stereocenters. The lowest BCUT2D eigenvalue weighted by Gasteiger charge is -2.14. The lowest BCUT2D eigenvalue weighted by Crippen LogP contribution is -1.99. The van der Waals surface area contributed by atoms with Crippen LogP contribution in [0.25, 0.3) is 11.6 Å². The van der Waals surface area contributed by atoms with Crippen LogP contribution in [0, 0.1) is 21.4 Å². The summed E-state index contributed by atoms with van der Waals surface area (Å²) in [5.74, 6) is 1.03. The largest absolute Gasteiger partial charge is 0.493 e. The maximum Gasteiger partial charge on any atom is 0.269 e. The van der Waals surface area contributed by atoms with E-state index in [-0.39, 0.29) is 5.69 Å². The molecule has 3 aromatic carbocycles. The van der Waals surface area contributed by atoms with Crippen LogP contribution in [-0.4, -0.2) is 12.0 Å². The highest BCUT2D eigenvalue weighted by Gasteiger charge is 2.13. The molecule has 8 heteroatoms. The first-order chi connectivity index (χ1) is 14.9. The van der Waals surface area contributed by atoms with Crippen molar-refractivity contribution in [3.8, 4) is 17.6 Å². The number of benzene rings is 3. The first-order valence-electron chi connectivity index (χ1n) is 9.02. The lowest BCUT2D eigenvalue weighted by molar-refractivity contribution is -0.384. The van der Waals surface area contributed by atoms with Crippen molar-refractivity contribution in [2.45, 2.75) is 6.61 Å². The van der Waals surface area contributed by atoms with Crippen LogP contribution in [0.15, 0.2) is 65.1 Å². The van der Waals surface area contributed by atoms with Crippen molar-refractivity contribution < 1.29 is 14.4 Å². The van der Waals surface area contributed by atoms with Crippen molar-refractivity contribution >= 4 is 44.9 Å². The van der Waals surface area contributed by atoms with Crippen molar-refractivity contribution in [1.82, 2.24) is 0 Å². The van der Waals surface area contributed by atoms with E-state index >= 15 is 0 Å². The summed E-state index contributed by atoms with van der Waals surface area (Å²) in [6.07, 6.45) is 1.68. The van der Waals surface area contributed by atoms with Crippen LogP contribution in [0.3, 0.4) is 0 Å². The Bertz CT molecular complexity index is 1170. The molecule has 0 bridgehead atoms. The molecule has 0 fully saturated rings. The fourth-order valence-corrected chi connectivity index (χ4v) is 3.51. The fraction of sp³-hybridized carbons (Fsp3) is 0.0870. The van der Waals surface area contributed by atoms with E-state index in [1.807, 2.05) is 18.2 Å². The molecule has 3 rings (SSSR count). The van der Waals surface area contributed by atoms with Gasteiger partial charge in [-0.3, -0.25) is 10.1 Å². The predicted octanol–water partition coefficient (Wildman–Crippen LogP) is 6.66. The molecule has 0 saturated carbocycles. The van der Waals surface area contributed by atoms with Crippen LogP contribution in [0.5, 0.6) is 11.5 Å². The summed E-state index contributed by atoms with van der Waals surface area (Å²) >= 11 is 9.42. The number of nitriles is 1. The maximum atomic E-state index is 10.8. The van der Waals surface area contributed by atoms with Gasteiger partial charge in [0.1, 0.15) is 6.61 Å². The van der Waals surface area contributed by atoms with Crippen molar-refractivity contribution in [3.05, 3.63) is 97.0 Å². The lowest BCUT2D eigenvalue weighted by atomic mass is 10.0. The Morgan fingerprint density at radius 3 is 2.45 bits per heavy atom.